The summed E-state index contributed by atoms with van der Waals surface area (Å²) in [6.07, 6.45) is 6.62. The molecule has 0 bridgehead atoms. The van der Waals surface area contributed by atoms with Crippen LogP contribution < -0.4 is 15.4 Å². The van der Waals surface area contributed by atoms with Gasteiger partial charge in [0.1, 0.15) is 17.5 Å². The quantitative estimate of drug-likeness (QED) is 0.505. The highest BCUT2D eigenvalue weighted by molar-refractivity contribution is 5.84. The van der Waals surface area contributed by atoms with Gasteiger partial charge in [-0.1, -0.05) is 48.5 Å². The molecule has 0 saturated carbocycles. The van der Waals surface area contributed by atoms with Crippen molar-refractivity contribution in [2.24, 2.45) is 5.92 Å². The number of hydrogen-bond acceptors (Lipinski definition) is 6. The van der Waals surface area contributed by atoms with E-state index in [4.69, 9.17) is 10.5 Å². The lowest BCUT2D eigenvalue weighted by Gasteiger charge is -2.33. The number of anilines is 2. The van der Waals surface area contributed by atoms with Crippen LogP contribution in [0.25, 0.3) is 10.9 Å². The van der Waals surface area contributed by atoms with Crippen LogP contribution in [0.1, 0.15) is 18.4 Å². The number of para-hydroxylation sites is 1. The van der Waals surface area contributed by atoms with Crippen molar-refractivity contribution >= 4 is 22.4 Å². The van der Waals surface area contributed by atoms with Crippen molar-refractivity contribution in [2.45, 2.75) is 19.3 Å². The first-order valence-corrected chi connectivity index (χ1v) is 10.7. The Bertz CT molecular complexity index is 1170. The molecule has 2 N–H and O–H groups in total. The molecule has 1 fully saturated rings. The van der Waals surface area contributed by atoms with Crippen LogP contribution in [0.5, 0.6) is 11.6 Å². The predicted molar refractivity (Wildman–Crippen MR) is 123 cm³/mol. The maximum absolute atomic E-state index is 6.45. The van der Waals surface area contributed by atoms with Crippen LogP contribution in [0, 0.1) is 5.92 Å². The van der Waals surface area contributed by atoms with Crippen molar-refractivity contribution in [2.75, 3.05) is 23.7 Å². The summed E-state index contributed by atoms with van der Waals surface area (Å²) in [7, 11) is 0. The Balaban J connectivity index is 1.31. The molecule has 1 aliphatic rings. The third kappa shape index (κ3) is 4.14. The molecule has 0 unspecified atom stereocenters. The van der Waals surface area contributed by atoms with Crippen LogP contribution in [0.2, 0.25) is 0 Å². The summed E-state index contributed by atoms with van der Waals surface area (Å²) in [5, 5.41) is 1.01. The van der Waals surface area contributed by atoms with E-state index in [0.717, 1.165) is 49.1 Å². The number of hydrogen-bond donors (Lipinski definition) is 1. The molecule has 6 nitrogen and oxygen atoms in total. The van der Waals surface area contributed by atoms with Gasteiger partial charge in [-0.05, 0) is 42.9 Å². The number of ether oxygens (including phenoxy) is 1. The van der Waals surface area contributed by atoms with Crippen molar-refractivity contribution in [1.82, 2.24) is 15.0 Å². The van der Waals surface area contributed by atoms with E-state index in [0.29, 0.717) is 23.2 Å². The topological polar surface area (TPSA) is 77.2 Å². The number of piperidine rings is 1. The van der Waals surface area contributed by atoms with E-state index in [1.165, 1.54) is 11.9 Å². The van der Waals surface area contributed by atoms with Crippen LogP contribution in [-0.4, -0.2) is 28.0 Å². The molecule has 0 spiro atoms. The van der Waals surface area contributed by atoms with Crippen LogP contribution in [-0.2, 0) is 6.42 Å². The van der Waals surface area contributed by atoms with Crippen LogP contribution in [0.3, 0.4) is 0 Å². The zero-order chi connectivity index (χ0) is 21.0. The van der Waals surface area contributed by atoms with Gasteiger partial charge < -0.3 is 15.4 Å². The lowest BCUT2D eigenvalue weighted by atomic mass is 9.90. The molecule has 156 valence electrons. The Hall–Kier alpha value is -3.67. The highest BCUT2D eigenvalue weighted by Gasteiger charge is 2.23. The fraction of sp³-hybridized carbons (Fsp3) is 0.240. The second kappa shape index (κ2) is 8.60. The molecule has 2 aromatic heterocycles. The van der Waals surface area contributed by atoms with Crippen molar-refractivity contribution in [1.29, 1.82) is 0 Å². The number of fused-ring (bicyclic) bond motifs is 1. The molecule has 1 aliphatic heterocycles. The summed E-state index contributed by atoms with van der Waals surface area (Å²) < 4.78 is 6.09. The van der Waals surface area contributed by atoms with E-state index in [-0.39, 0.29) is 0 Å². The minimum atomic E-state index is 0.370. The lowest BCUT2D eigenvalue weighted by molar-refractivity contribution is 0.401. The second-order valence-corrected chi connectivity index (χ2v) is 7.97. The van der Waals surface area contributed by atoms with E-state index in [1.807, 2.05) is 30.3 Å². The Morgan fingerprint density at radius 3 is 2.55 bits per heavy atom. The molecule has 0 radical (unpaired) electrons. The monoisotopic (exact) mass is 411 g/mol. The molecule has 6 heteroatoms. The molecule has 4 aromatic rings. The van der Waals surface area contributed by atoms with Gasteiger partial charge in [0.2, 0.25) is 5.88 Å². The fourth-order valence-corrected chi connectivity index (χ4v) is 4.26. The number of nitrogens with zero attached hydrogens (tertiary/aromatic N) is 4. The van der Waals surface area contributed by atoms with Gasteiger partial charge in [0, 0.05) is 24.7 Å². The van der Waals surface area contributed by atoms with Gasteiger partial charge in [0.25, 0.3) is 0 Å². The van der Waals surface area contributed by atoms with Gasteiger partial charge in [-0.2, -0.15) is 4.98 Å². The standard InChI is InChI=1S/C25H25N5O/c26-22-24(30-14-11-19(12-15-30)16-18-6-2-1-3-7-18)28-17-29-25(22)31-21-10-4-8-20-9-5-13-27-23(20)21/h1-10,13,17,19H,11-12,14-16,26H2. The number of rotatable bonds is 5. The van der Waals surface area contributed by atoms with E-state index in [1.54, 1.807) is 6.20 Å². The summed E-state index contributed by atoms with van der Waals surface area (Å²) in [5.74, 6) is 2.43. The third-order valence-electron chi connectivity index (χ3n) is 5.91. The molecular weight excluding hydrogens is 386 g/mol. The molecular formula is C25H25N5O. The van der Waals surface area contributed by atoms with Crippen molar-refractivity contribution in [3.63, 3.8) is 0 Å². The number of aromatic nitrogens is 3. The Morgan fingerprint density at radius 1 is 0.903 bits per heavy atom. The normalized spacial score (nSPS) is 14.6. The summed E-state index contributed by atoms with van der Waals surface area (Å²) in [6, 6.07) is 20.4. The van der Waals surface area contributed by atoms with Gasteiger partial charge in [0.05, 0.1) is 0 Å². The van der Waals surface area contributed by atoms with Crippen molar-refractivity contribution in [3.05, 3.63) is 78.8 Å². The zero-order valence-corrected chi connectivity index (χ0v) is 17.3. The van der Waals surface area contributed by atoms with E-state index < -0.39 is 0 Å². The number of nitrogens with two attached hydrogens (primary N) is 1. The largest absolute Gasteiger partial charge is 0.435 e. The first kappa shape index (κ1) is 19.3. The number of pyridine rings is 1. The molecule has 0 aliphatic carbocycles. The third-order valence-corrected chi connectivity index (χ3v) is 5.91. The Labute approximate surface area is 181 Å². The van der Waals surface area contributed by atoms with Gasteiger partial charge >= 0.3 is 0 Å². The number of nitrogen functional groups attached to an aromatic ring is 1. The highest BCUT2D eigenvalue weighted by atomic mass is 16.5. The summed E-state index contributed by atoms with van der Waals surface area (Å²) >= 11 is 0. The van der Waals surface area contributed by atoms with Gasteiger partial charge in [-0.25, -0.2) is 4.98 Å². The minimum Gasteiger partial charge on any atom is -0.435 e. The summed E-state index contributed by atoms with van der Waals surface area (Å²) in [6.45, 7) is 1.85. The summed E-state index contributed by atoms with van der Waals surface area (Å²) in [4.78, 5) is 15.4. The van der Waals surface area contributed by atoms with E-state index >= 15 is 0 Å². The Kier molecular flexibility index (Phi) is 5.35. The number of benzene rings is 2. The summed E-state index contributed by atoms with van der Waals surface area (Å²) in [5.41, 5.74) is 9.11. The molecule has 0 atom stereocenters. The molecule has 0 amide bonds. The average Bonchev–Trinajstić information content (AvgIpc) is 2.82. The minimum absolute atomic E-state index is 0.370. The van der Waals surface area contributed by atoms with Gasteiger partial charge in [0.15, 0.2) is 11.6 Å². The molecule has 1 saturated heterocycles. The maximum atomic E-state index is 6.45. The first-order valence-electron chi connectivity index (χ1n) is 10.7. The van der Waals surface area contributed by atoms with Gasteiger partial charge in [-0.3, -0.25) is 4.98 Å². The lowest BCUT2D eigenvalue weighted by Crippen LogP contribution is -2.35. The SMILES string of the molecule is Nc1c(Oc2cccc3cccnc23)ncnc1N1CCC(Cc2ccccc2)CC1. The second-order valence-electron chi connectivity index (χ2n) is 7.97. The molecule has 3 heterocycles. The fourth-order valence-electron chi connectivity index (χ4n) is 4.26. The molecule has 2 aromatic carbocycles. The molecule has 5 rings (SSSR count). The maximum Gasteiger partial charge on any atom is 0.248 e. The van der Waals surface area contributed by atoms with Crippen LogP contribution in [0.4, 0.5) is 11.5 Å². The van der Waals surface area contributed by atoms with Gasteiger partial charge in [-0.15, -0.1) is 0 Å². The zero-order valence-electron chi connectivity index (χ0n) is 17.3. The van der Waals surface area contributed by atoms with E-state index in [9.17, 15) is 0 Å². The molecule has 31 heavy (non-hydrogen) atoms. The van der Waals surface area contributed by atoms with Crippen molar-refractivity contribution < 1.29 is 4.74 Å². The highest BCUT2D eigenvalue weighted by Crippen LogP contribution is 2.35. The first-order chi connectivity index (χ1) is 15.3. The average molecular weight is 412 g/mol. The smallest absolute Gasteiger partial charge is 0.248 e. The van der Waals surface area contributed by atoms with Crippen molar-refractivity contribution in [3.8, 4) is 11.6 Å². The van der Waals surface area contributed by atoms with Crippen LogP contribution in [0.15, 0.2) is 73.2 Å². The van der Waals surface area contributed by atoms with E-state index in [2.05, 4.69) is 50.2 Å². The predicted octanol–water partition coefficient (Wildman–Crippen LogP) is 4.86. The van der Waals surface area contributed by atoms with Crippen LogP contribution >= 0.6 is 0 Å². The Morgan fingerprint density at radius 2 is 1.71 bits per heavy atom.